The average molecular weight is 347 g/mol. The van der Waals surface area contributed by atoms with Crippen molar-refractivity contribution in [1.82, 2.24) is 19.7 Å². The summed E-state index contributed by atoms with van der Waals surface area (Å²) >= 11 is 0. The van der Waals surface area contributed by atoms with Crippen LogP contribution in [0.1, 0.15) is 41.9 Å². The van der Waals surface area contributed by atoms with Crippen LogP contribution in [0, 0.1) is 6.92 Å². The van der Waals surface area contributed by atoms with E-state index in [-0.39, 0.29) is 17.7 Å². The van der Waals surface area contributed by atoms with Gasteiger partial charge in [0.05, 0.1) is 6.26 Å². The Kier molecular flexibility index (Phi) is 3.28. The average Bonchev–Trinajstić information content (AvgIpc) is 3.29. The predicted molar refractivity (Wildman–Crippen MR) is 93.5 cm³/mol. The zero-order valence-corrected chi connectivity index (χ0v) is 14.2. The highest BCUT2D eigenvalue weighted by molar-refractivity contribution is 6.00. The van der Waals surface area contributed by atoms with Gasteiger partial charge in [0, 0.05) is 36.0 Å². The normalized spacial score (nSPS) is 22.0. The second kappa shape index (κ2) is 5.66. The third-order valence-corrected chi connectivity index (χ3v) is 4.99. The number of allylic oxidation sites excluding steroid dienone is 2. The Morgan fingerprint density at radius 2 is 2.08 bits per heavy atom. The van der Waals surface area contributed by atoms with Crippen molar-refractivity contribution in [2.45, 2.75) is 31.7 Å². The molecular formula is C19H17N5O2. The van der Waals surface area contributed by atoms with Crippen LogP contribution in [-0.4, -0.2) is 25.5 Å². The fourth-order valence-corrected chi connectivity index (χ4v) is 3.90. The molecule has 4 heterocycles. The van der Waals surface area contributed by atoms with E-state index >= 15 is 0 Å². The summed E-state index contributed by atoms with van der Waals surface area (Å²) in [5, 5.41) is 7.85. The molecule has 3 aromatic heterocycles. The maximum Gasteiger partial charge on any atom is 0.226 e. The summed E-state index contributed by atoms with van der Waals surface area (Å²) in [7, 11) is 0. The van der Waals surface area contributed by atoms with Crippen LogP contribution in [0.5, 0.6) is 0 Å². The first kappa shape index (κ1) is 15.1. The molecule has 0 unspecified atom stereocenters. The maximum absolute atomic E-state index is 13.1. The Morgan fingerprint density at radius 1 is 1.23 bits per heavy atom. The molecule has 0 aromatic carbocycles. The largest absolute Gasteiger partial charge is 0.469 e. The first-order chi connectivity index (χ1) is 12.7. The van der Waals surface area contributed by atoms with E-state index in [1.54, 1.807) is 23.3 Å². The molecule has 7 nitrogen and oxygen atoms in total. The highest BCUT2D eigenvalue weighted by atomic mass is 16.3. The Labute approximate surface area is 149 Å². The number of Topliss-reactive ketones (excluding diaryl/α,β-unsaturated/α-hetero) is 1. The number of ketones is 1. The Morgan fingerprint density at radius 3 is 2.85 bits per heavy atom. The van der Waals surface area contributed by atoms with Crippen LogP contribution in [0.4, 0.5) is 5.95 Å². The van der Waals surface area contributed by atoms with Crippen LogP contribution >= 0.6 is 0 Å². The van der Waals surface area contributed by atoms with Gasteiger partial charge in [0.1, 0.15) is 17.6 Å². The molecular weight excluding hydrogens is 330 g/mol. The molecule has 7 heteroatoms. The van der Waals surface area contributed by atoms with Crippen LogP contribution in [-0.2, 0) is 4.79 Å². The molecule has 3 aromatic rings. The molecule has 2 atom stereocenters. The molecule has 2 aliphatic rings. The summed E-state index contributed by atoms with van der Waals surface area (Å²) < 4.78 is 7.34. The number of fused-ring (bicyclic) bond motifs is 1. The smallest absolute Gasteiger partial charge is 0.226 e. The number of rotatable bonds is 2. The number of aryl methyl sites for hydroxylation is 1. The Bertz CT molecular complexity index is 1000. The van der Waals surface area contributed by atoms with Gasteiger partial charge < -0.3 is 9.73 Å². The number of carbonyl (C=O) groups is 1. The van der Waals surface area contributed by atoms with Gasteiger partial charge in [0.2, 0.25) is 5.95 Å². The minimum Gasteiger partial charge on any atom is -0.469 e. The van der Waals surface area contributed by atoms with Gasteiger partial charge in [0.15, 0.2) is 5.78 Å². The van der Waals surface area contributed by atoms with Crippen molar-refractivity contribution in [3.05, 3.63) is 71.3 Å². The third kappa shape index (κ3) is 2.28. The number of furan rings is 1. The van der Waals surface area contributed by atoms with Crippen LogP contribution in [0.15, 0.2) is 58.6 Å². The molecule has 0 radical (unpaired) electrons. The molecule has 1 aliphatic carbocycles. The number of nitrogens with zero attached hydrogens (tertiary/aromatic N) is 4. The van der Waals surface area contributed by atoms with E-state index in [2.05, 4.69) is 20.4 Å². The summed E-state index contributed by atoms with van der Waals surface area (Å²) in [6.45, 7) is 1.85. The fourth-order valence-electron chi connectivity index (χ4n) is 3.90. The van der Waals surface area contributed by atoms with Gasteiger partial charge >= 0.3 is 0 Å². The standard InChI is InChI=1S/C19H17N5O2/c1-11-21-19-22-14-9-13(16-3-2-8-26-16)10-15(25)17(14)18(24(19)23-11)12-4-6-20-7-5-12/h2-8,13,18H,9-10H2,1H3,(H,21,22,23)/t13-,18+/m1/s1. The Balaban J connectivity index is 1.64. The minimum absolute atomic E-state index is 0.0393. The van der Waals surface area contributed by atoms with Crippen molar-refractivity contribution < 1.29 is 9.21 Å². The van der Waals surface area contributed by atoms with E-state index in [1.807, 2.05) is 31.2 Å². The van der Waals surface area contributed by atoms with Gasteiger partial charge in [-0.1, -0.05) is 0 Å². The lowest BCUT2D eigenvalue weighted by Crippen LogP contribution is -2.33. The summed E-state index contributed by atoms with van der Waals surface area (Å²) in [4.78, 5) is 21.7. The number of pyridine rings is 1. The topological polar surface area (TPSA) is 85.8 Å². The fraction of sp³-hybridized carbons (Fsp3) is 0.263. The predicted octanol–water partition coefficient (Wildman–Crippen LogP) is 2.99. The van der Waals surface area contributed by atoms with E-state index < -0.39 is 0 Å². The molecule has 0 fully saturated rings. The van der Waals surface area contributed by atoms with Crippen molar-refractivity contribution in [1.29, 1.82) is 0 Å². The van der Waals surface area contributed by atoms with Crippen LogP contribution in [0.2, 0.25) is 0 Å². The zero-order valence-electron chi connectivity index (χ0n) is 14.2. The number of hydrogen-bond acceptors (Lipinski definition) is 6. The number of hydrogen-bond donors (Lipinski definition) is 1. The maximum atomic E-state index is 13.1. The first-order valence-electron chi connectivity index (χ1n) is 8.60. The quantitative estimate of drug-likeness (QED) is 0.767. The van der Waals surface area contributed by atoms with Gasteiger partial charge in [-0.3, -0.25) is 9.78 Å². The SMILES string of the molecule is Cc1nc2n(n1)[C@@H](c1ccncc1)C1=C(C[C@@H](c3ccco3)CC1=O)N2. The zero-order chi connectivity index (χ0) is 17.7. The molecule has 0 amide bonds. The van der Waals surface area contributed by atoms with Crippen molar-refractivity contribution >= 4 is 11.7 Å². The lowest BCUT2D eigenvalue weighted by atomic mass is 9.80. The van der Waals surface area contributed by atoms with E-state index in [0.717, 1.165) is 22.6 Å². The molecule has 0 spiro atoms. The summed E-state index contributed by atoms with van der Waals surface area (Å²) in [6.07, 6.45) is 6.26. The van der Waals surface area contributed by atoms with E-state index in [9.17, 15) is 4.79 Å². The van der Waals surface area contributed by atoms with Crippen molar-refractivity contribution in [2.24, 2.45) is 0 Å². The van der Waals surface area contributed by atoms with Gasteiger partial charge in [-0.25, -0.2) is 4.68 Å². The molecule has 0 bridgehead atoms. The van der Waals surface area contributed by atoms with E-state index in [0.29, 0.717) is 24.6 Å². The number of anilines is 1. The molecule has 1 aliphatic heterocycles. The van der Waals surface area contributed by atoms with Gasteiger partial charge in [-0.05, 0) is 43.2 Å². The highest BCUT2D eigenvalue weighted by Crippen LogP contribution is 2.43. The molecule has 5 rings (SSSR count). The third-order valence-electron chi connectivity index (χ3n) is 4.99. The Hall–Kier alpha value is -3.22. The molecule has 130 valence electrons. The minimum atomic E-state index is -0.282. The first-order valence-corrected chi connectivity index (χ1v) is 8.60. The number of nitrogens with one attached hydrogen (secondary N) is 1. The highest BCUT2D eigenvalue weighted by Gasteiger charge is 2.40. The molecule has 1 N–H and O–H groups in total. The summed E-state index contributed by atoms with van der Waals surface area (Å²) in [5.41, 5.74) is 2.64. The van der Waals surface area contributed by atoms with Crippen molar-refractivity contribution in [2.75, 3.05) is 5.32 Å². The van der Waals surface area contributed by atoms with E-state index in [1.165, 1.54) is 0 Å². The summed E-state index contributed by atoms with van der Waals surface area (Å²) in [6, 6.07) is 7.35. The van der Waals surface area contributed by atoms with E-state index in [4.69, 9.17) is 4.42 Å². The lowest BCUT2D eigenvalue weighted by Gasteiger charge is -2.34. The van der Waals surface area contributed by atoms with Crippen LogP contribution < -0.4 is 5.32 Å². The molecule has 0 saturated carbocycles. The molecule has 0 saturated heterocycles. The monoisotopic (exact) mass is 347 g/mol. The van der Waals surface area contributed by atoms with Crippen molar-refractivity contribution in [3.8, 4) is 0 Å². The molecule has 26 heavy (non-hydrogen) atoms. The summed E-state index contributed by atoms with van der Waals surface area (Å²) in [5.74, 6) is 2.32. The number of aromatic nitrogens is 4. The second-order valence-electron chi connectivity index (χ2n) is 6.67. The second-order valence-corrected chi connectivity index (χ2v) is 6.67. The van der Waals surface area contributed by atoms with Crippen molar-refractivity contribution in [3.63, 3.8) is 0 Å². The van der Waals surface area contributed by atoms with Crippen LogP contribution in [0.25, 0.3) is 0 Å². The lowest BCUT2D eigenvalue weighted by molar-refractivity contribution is -0.117. The van der Waals surface area contributed by atoms with Crippen LogP contribution in [0.3, 0.4) is 0 Å². The van der Waals surface area contributed by atoms with Gasteiger partial charge in [-0.2, -0.15) is 10.1 Å². The van der Waals surface area contributed by atoms with Gasteiger partial charge in [0.25, 0.3) is 0 Å². The van der Waals surface area contributed by atoms with Gasteiger partial charge in [-0.15, -0.1) is 0 Å². The number of carbonyl (C=O) groups excluding carboxylic acids is 1.